The van der Waals surface area contributed by atoms with Gasteiger partial charge in [-0.1, -0.05) is 23.2 Å². The van der Waals surface area contributed by atoms with Gasteiger partial charge in [0, 0.05) is 16.0 Å². The summed E-state index contributed by atoms with van der Waals surface area (Å²) in [6.45, 7) is 0. The molecule has 0 fully saturated rings. The molecule has 0 spiro atoms. The maximum absolute atomic E-state index is 6.19. The number of benzene rings is 1. The number of hydrogen-bond acceptors (Lipinski definition) is 4. The highest BCUT2D eigenvalue weighted by atomic mass is 35.5. The van der Waals surface area contributed by atoms with Crippen molar-refractivity contribution in [1.82, 2.24) is 9.97 Å². The number of thiophene rings is 1. The second-order valence-electron chi connectivity index (χ2n) is 5.25. The fraction of sp³-hybridized carbons (Fsp3) is 0.250. The van der Waals surface area contributed by atoms with Gasteiger partial charge in [0.05, 0.1) is 10.4 Å². The van der Waals surface area contributed by atoms with Gasteiger partial charge in [0.2, 0.25) is 5.88 Å². The molecule has 3 nitrogen and oxygen atoms in total. The molecule has 0 atom stereocenters. The maximum atomic E-state index is 6.19. The van der Waals surface area contributed by atoms with Crippen LogP contribution in [0.2, 0.25) is 10.0 Å². The van der Waals surface area contributed by atoms with Crippen LogP contribution in [0.1, 0.15) is 23.3 Å². The lowest BCUT2D eigenvalue weighted by atomic mass is 9.97. The second-order valence-corrected chi connectivity index (χ2v) is 7.17. The van der Waals surface area contributed by atoms with Crippen molar-refractivity contribution in [2.24, 2.45) is 0 Å². The molecule has 3 aromatic rings. The first-order chi connectivity index (χ1) is 10.7. The smallest absolute Gasteiger partial charge is 0.231 e. The van der Waals surface area contributed by atoms with Crippen molar-refractivity contribution in [2.75, 3.05) is 0 Å². The molecule has 0 saturated heterocycles. The van der Waals surface area contributed by atoms with E-state index < -0.39 is 0 Å². The van der Waals surface area contributed by atoms with Crippen LogP contribution >= 0.6 is 34.5 Å². The van der Waals surface area contributed by atoms with Crippen molar-refractivity contribution in [3.05, 3.63) is 45.0 Å². The summed E-state index contributed by atoms with van der Waals surface area (Å²) in [5, 5.41) is 2.12. The van der Waals surface area contributed by atoms with E-state index in [0.29, 0.717) is 21.7 Å². The predicted molar refractivity (Wildman–Crippen MR) is 90.6 cm³/mol. The zero-order valence-corrected chi connectivity index (χ0v) is 13.9. The molecule has 0 aliphatic heterocycles. The minimum atomic E-state index is 0.514. The Hall–Kier alpha value is -1.36. The Morgan fingerprint density at radius 1 is 1.09 bits per heavy atom. The van der Waals surface area contributed by atoms with E-state index in [1.807, 2.05) is 0 Å². The quantitative estimate of drug-likeness (QED) is 0.597. The lowest BCUT2D eigenvalue weighted by molar-refractivity contribution is 0.468. The van der Waals surface area contributed by atoms with Gasteiger partial charge in [0.25, 0.3) is 0 Å². The predicted octanol–water partition coefficient (Wildman–Crippen LogP) is 5.67. The number of aryl methyl sites for hydroxylation is 2. The van der Waals surface area contributed by atoms with Gasteiger partial charge >= 0.3 is 0 Å². The zero-order valence-electron chi connectivity index (χ0n) is 11.6. The first-order valence-corrected chi connectivity index (χ1v) is 8.68. The van der Waals surface area contributed by atoms with Crippen LogP contribution in [0.25, 0.3) is 10.2 Å². The third kappa shape index (κ3) is 2.45. The lowest BCUT2D eigenvalue weighted by Crippen LogP contribution is -1.99. The first-order valence-electron chi connectivity index (χ1n) is 7.10. The van der Waals surface area contributed by atoms with Crippen LogP contribution in [0.15, 0.2) is 24.5 Å². The van der Waals surface area contributed by atoms with E-state index in [9.17, 15) is 0 Å². The first kappa shape index (κ1) is 14.2. The Morgan fingerprint density at radius 3 is 2.86 bits per heavy atom. The number of ether oxygens (including phenoxy) is 1. The molecule has 0 N–H and O–H groups in total. The van der Waals surface area contributed by atoms with Crippen LogP contribution in [0.5, 0.6) is 11.6 Å². The van der Waals surface area contributed by atoms with Crippen molar-refractivity contribution in [2.45, 2.75) is 25.7 Å². The van der Waals surface area contributed by atoms with Crippen LogP contribution in [0.3, 0.4) is 0 Å². The highest BCUT2D eigenvalue weighted by Gasteiger charge is 2.21. The minimum absolute atomic E-state index is 0.514. The second kappa shape index (κ2) is 5.69. The number of aromatic nitrogens is 2. The summed E-state index contributed by atoms with van der Waals surface area (Å²) < 4.78 is 5.97. The molecular weight excluding hydrogens is 339 g/mol. The summed E-state index contributed by atoms with van der Waals surface area (Å²) in [5.74, 6) is 1.08. The molecule has 22 heavy (non-hydrogen) atoms. The largest absolute Gasteiger partial charge is 0.437 e. The third-order valence-corrected chi connectivity index (χ3v) is 5.56. The molecule has 6 heteroatoms. The Labute approximate surface area is 141 Å². The fourth-order valence-electron chi connectivity index (χ4n) is 2.80. The van der Waals surface area contributed by atoms with Crippen molar-refractivity contribution in [3.8, 4) is 11.6 Å². The highest BCUT2D eigenvalue weighted by Crippen LogP contribution is 2.41. The molecule has 112 valence electrons. The number of nitrogens with zero attached hydrogens (tertiary/aromatic N) is 2. The molecule has 1 aromatic carbocycles. The molecule has 2 aromatic heterocycles. The summed E-state index contributed by atoms with van der Waals surface area (Å²) in [7, 11) is 0. The maximum Gasteiger partial charge on any atom is 0.231 e. The number of fused-ring (bicyclic) bond motifs is 3. The van der Waals surface area contributed by atoms with Crippen LogP contribution in [0, 0.1) is 0 Å². The van der Waals surface area contributed by atoms with Gasteiger partial charge in [-0.2, -0.15) is 0 Å². The molecule has 1 aliphatic rings. The van der Waals surface area contributed by atoms with Gasteiger partial charge in [-0.3, -0.25) is 0 Å². The summed E-state index contributed by atoms with van der Waals surface area (Å²) in [4.78, 5) is 11.1. The van der Waals surface area contributed by atoms with Crippen LogP contribution in [-0.2, 0) is 12.8 Å². The summed E-state index contributed by atoms with van der Waals surface area (Å²) >= 11 is 14.0. The minimum Gasteiger partial charge on any atom is -0.437 e. The van der Waals surface area contributed by atoms with E-state index in [-0.39, 0.29) is 0 Å². The highest BCUT2D eigenvalue weighted by molar-refractivity contribution is 7.18. The molecule has 1 aliphatic carbocycles. The van der Waals surface area contributed by atoms with E-state index in [1.54, 1.807) is 29.5 Å². The van der Waals surface area contributed by atoms with Crippen molar-refractivity contribution < 1.29 is 4.74 Å². The third-order valence-electron chi connectivity index (χ3n) is 3.82. The van der Waals surface area contributed by atoms with Gasteiger partial charge in [0.1, 0.15) is 16.9 Å². The van der Waals surface area contributed by atoms with Crippen LogP contribution in [-0.4, -0.2) is 9.97 Å². The van der Waals surface area contributed by atoms with E-state index >= 15 is 0 Å². The summed E-state index contributed by atoms with van der Waals surface area (Å²) in [5.41, 5.74) is 1.33. The van der Waals surface area contributed by atoms with Crippen LogP contribution < -0.4 is 4.74 Å². The van der Waals surface area contributed by atoms with Gasteiger partial charge in [0.15, 0.2) is 0 Å². The lowest BCUT2D eigenvalue weighted by Gasteiger charge is -2.12. The standard InChI is InChI=1S/C16H12Cl2N2OS/c17-9-5-6-11(18)12(7-9)21-15-14-10-3-1-2-4-13(10)22-16(14)20-8-19-15/h5-8H,1-4H2. The van der Waals surface area contributed by atoms with E-state index in [0.717, 1.165) is 23.1 Å². The average molecular weight is 351 g/mol. The number of halogens is 2. The van der Waals surface area contributed by atoms with Crippen LogP contribution in [0.4, 0.5) is 0 Å². The van der Waals surface area contributed by atoms with Gasteiger partial charge in [-0.15, -0.1) is 11.3 Å². The molecule has 0 unspecified atom stereocenters. The van der Waals surface area contributed by atoms with E-state index in [4.69, 9.17) is 27.9 Å². The Bertz CT molecular complexity index is 863. The van der Waals surface area contributed by atoms with Gasteiger partial charge in [-0.05, 0) is 43.4 Å². The zero-order chi connectivity index (χ0) is 15.1. The molecular formula is C16H12Cl2N2OS. The monoisotopic (exact) mass is 350 g/mol. The molecule has 2 heterocycles. The summed E-state index contributed by atoms with van der Waals surface area (Å²) in [6.07, 6.45) is 6.16. The van der Waals surface area contributed by atoms with Gasteiger partial charge < -0.3 is 4.74 Å². The molecule has 0 radical (unpaired) electrons. The Kier molecular flexibility index (Phi) is 3.68. The summed E-state index contributed by atoms with van der Waals surface area (Å²) in [6, 6.07) is 5.16. The Morgan fingerprint density at radius 2 is 1.95 bits per heavy atom. The van der Waals surface area contributed by atoms with Crippen molar-refractivity contribution in [1.29, 1.82) is 0 Å². The molecule has 0 bridgehead atoms. The van der Waals surface area contributed by atoms with Crippen molar-refractivity contribution in [3.63, 3.8) is 0 Å². The van der Waals surface area contributed by atoms with E-state index in [2.05, 4.69) is 9.97 Å². The van der Waals surface area contributed by atoms with Crippen molar-refractivity contribution >= 4 is 44.8 Å². The normalized spacial score (nSPS) is 14.1. The fourth-order valence-corrected chi connectivity index (χ4v) is 4.34. The molecule has 0 saturated carbocycles. The van der Waals surface area contributed by atoms with Gasteiger partial charge in [-0.25, -0.2) is 9.97 Å². The van der Waals surface area contributed by atoms with E-state index in [1.165, 1.54) is 29.6 Å². The molecule has 0 amide bonds. The number of rotatable bonds is 2. The molecule has 4 rings (SSSR count). The number of hydrogen-bond donors (Lipinski definition) is 0. The average Bonchev–Trinajstić information content (AvgIpc) is 2.90. The Balaban J connectivity index is 1.84. The SMILES string of the molecule is Clc1ccc(Cl)c(Oc2ncnc3sc4c(c23)CCCC4)c1. The topological polar surface area (TPSA) is 35.0 Å².